The van der Waals surface area contributed by atoms with Crippen molar-refractivity contribution in [2.75, 3.05) is 13.2 Å². The molecule has 2 rings (SSSR count). The summed E-state index contributed by atoms with van der Waals surface area (Å²) < 4.78 is 5.13. The van der Waals surface area contributed by atoms with Crippen molar-refractivity contribution in [2.45, 2.75) is 45.2 Å². The van der Waals surface area contributed by atoms with E-state index in [9.17, 15) is 4.79 Å². The second-order valence-corrected chi connectivity index (χ2v) is 5.58. The fourth-order valence-corrected chi connectivity index (χ4v) is 3.07. The first-order valence-corrected chi connectivity index (χ1v) is 7.81. The van der Waals surface area contributed by atoms with Crippen LogP contribution in [0.1, 0.15) is 44.7 Å². The van der Waals surface area contributed by atoms with Crippen LogP contribution in [0, 0.1) is 0 Å². The molecule has 21 heavy (non-hydrogen) atoms. The number of rotatable bonds is 5. The number of piperidine rings is 1. The minimum Gasteiger partial charge on any atom is -0.463 e. The van der Waals surface area contributed by atoms with Gasteiger partial charge in [-0.05, 0) is 38.8 Å². The van der Waals surface area contributed by atoms with E-state index in [0.29, 0.717) is 12.2 Å². The van der Waals surface area contributed by atoms with Gasteiger partial charge in [-0.1, -0.05) is 43.3 Å². The summed E-state index contributed by atoms with van der Waals surface area (Å²) in [5.41, 5.74) is 1.88. The summed E-state index contributed by atoms with van der Waals surface area (Å²) in [4.78, 5) is 14.4. The van der Waals surface area contributed by atoms with Crippen molar-refractivity contribution in [3.63, 3.8) is 0 Å². The van der Waals surface area contributed by atoms with Crippen molar-refractivity contribution < 1.29 is 9.53 Å². The molecule has 2 atom stereocenters. The Bertz CT molecular complexity index is 483. The highest BCUT2D eigenvalue weighted by atomic mass is 16.5. The summed E-state index contributed by atoms with van der Waals surface area (Å²) >= 11 is 0. The van der Waals surface area contributed by atoms with Crippen molar-refractivity contribution in [1.82, 2.24) is 4.90 Å². The van der Waals surface area contributed by atoms with Crippen LogP contribution in [0.25, 0.3) is 0 Å². The molecular weight excluding hydrogens is 262 g/mol. The fourth-order valence-electron chi connectivity index (χ4n) is 3.07. The van der Waals surface area contributed by atoms with Crippen LogP contribution in [0.3, 0.4) is 0 Å². The third-order valence-electron chi connectivity index (χ3n) is 4.26. The van der Waals surface area contributed by atoms with Crippen LogP contribution in [-0.4, -0.2) is 30.1 Å². The summed E-state index contributed by atoms with van der Waals surface area (Å²) in [5, 5.41) is 0. The first-order chi connectivity index (χ1) is 10.1. The minimum atomic E-state index is -0.255. The summed E-state index contributed by atoms with van der Waals surface area (Å²) in [6, 6.07) is 10.8. The van der Waals surface area contributed by atoms with Gasteiger partial charge in [0, 0.05) is 17.7 Å². The monoisotopic (exact) mass is 287 g/mol. The molecule has 3 heteroatoms. The zero-order valence-electron chi connectivity index (χ0n) is 13.0. The normalized spacial score (nSPS) is 20.8. The quantitative estimate of drug-likeness (QED) is 0.610. The van der Waals surface area contributed by atoms with Gasteiger partial charge < -0.3 is 4.74 Å². The second-order valence-electron chi connectivity index (χ2n) is 5.58. The fraction of sp³-hybridized carbons (Fsp3) is 0.500. The van der Waals surface area contributed by atoms with E-state index >= 15 is 0 Å². The molecule has 0 radical (unpaired) electrons. The zero-order chi connectivity index (χ0) is 15.2. The lowest BCUT2D eigenvalue weighted by molar-refractivity contribution is -0.139. The van der Waals surface area contributed by atoms with Gasteiger partial charge in [-0.15, -0.1) is 0 Å². The molecule has 1 fully saturated rings. The number of benzene rings is 1. The van der Waals surface area contributed by atoms with Crippen LogP contribution >= 0.6 is 0 Å². The SMILES string of the molecule is C=C(C(=O)OCC)[C@@H]1CCCCN1[C@H](C)c1ccccc1. The van der Waals surface area contributed by atoms with E-state index in [1.54, 1.807) is 0 Å². The number of likely N-dealkylation sites (tertiary alicyclic amines) is 1. The second kappa shape index (κ2) is 7.41. The molecule has 0 N–H and O–H groups in total. The van der Waals surface area contributed by atoms with Crippen molar-refractivity contribution in [3.8, 4) is 0 Å². The molecule has 3 nitrogen and oxygen atoms in total. The van der Waals surface area contributed by atoms with Crippen LogP contribution in [0.5, 0.6) is 0 Å². The molecule has 0 bridgehead atoms. The van der Waals surface area contributed by atoms with Crippen LogP contribution in [0.2, 0.25) is 0 Å². The summed E-state index contributed by atoms with van der Waals surface area (Å²) in [6.07, 6.45) is 3.29. The largest absolute Gasteiger partial charge is 0.463 e. The van der Waals surface area contributed by atoms with Gasteiger partial charge in [-0.2, -0.15) is 0 Å². The van der Waals surface area contributed by atoms with E-state index in [0.717, 1.165) is 19.4 Å². The van der Waals surface area contributed by atoms with Crippen LogP contribution < -0.4 is 0 Å². The highest BCUT2D eigenvalue weighted by Crippen LogP contribution is 2.31. The van der Waals surface area contributed by atoms with Crippen molar-refractivity contribution in [2.24, 2.45) is 0 Å². The molecule has 1 saturated heterocycles. The summed E-state index contributed by atoms with van der Waals surface area (Å²) in [7, 11) is 0. The molecule has 0 saturated carbocycles. The van der Waals surface area contributed by atoms with Gasteiger partial charge in [0.1, 0.15) is 0 Å². The molecule has 1 aromatic carbocycles. The van der Waals surface area contributed by atoms with Gasteiger partial charge in [0.2, 0.25) is 0 Å². The molecule has 0 aliphatic carbocycles. The Kier molecular flexibility index (Phi) is 5.57. The van der Waals surface area contributed by atoms with E-state index in [4.69, 9.17) is 4.74 Å². The number of carbonyl (C=O) groups excluding carboxylic acids is 1. The Labute approximate surface area is 127 Å². The predicted molar refractivity (Wildman–Crippen MR) is 85.0 cm³/mol. The van der Waals surface area contributed by atoms with Crippen molar-refractivity contribution >= 4 is 5.97 Å². The van der Waals surface area contributed by atoms with Gasteiger partial charge in [0.15, 0.2) is 0 Å². The van der Waals surface area contributed by atoms with Crippen LogP contribution in [0.15, 0.2) is 42.5 Å². The van der Waals surface area contributed by atoms with Crippen molar-refractivity contribution in [1.29, 1.82) is 0 Å². The van der Waals surface area contributed by atoms with Gasteiger partial charge in [0.05, 0.1) is 6.61 Å². The standard InChI is InChI=1S/C18H25NO2/c1-4-21-18(20)14(2)17-12-8-9-13-19(17)15(3)16-10-6-5-7-11-16/h5-7,10-11,15,17H,2,4,8-9,12-13H2,1,3H3/t15-,17+/m1/s1. The smallest absolute Gasteiger partial charge is 0.335 e. The number of ether oxygens (including phenoxy) is 1. The zero-order valence-corrected chi connectivity index (χ0v) is 13.0. The van der Waals surface area contributed by atoms with E-state index < -0.39 is 0 Å². The van der Waals surface area contributed by atoms with Gasteiger partial charge in [-0.3, -0.25) is 4.90 Å². The number of hydrogen-bond donors (Lipinski definition) is 0. The van der Waals surface area contributed by atoms with Crippen LogP contribution in [0.4, 0.5) is 0 Å². The molecule has 1 aliphatic heterocycles. The van der Waals surface area contributed by atoms with Gasteiger partial charge >= 0.3 is 5.97 Å². The molecule has 0 amide bonds. The van der Waals surface area contributed by atoms with E-state index in [1.165, 1.54) is 12.0 Å². The van der Waals surface area contributed by atoms with E-state index in [2.05, 4.69) is 42.7 Å². The number of esters is 1. The van der Waals surface area contributed by atoms with Gasteiger partial charge in [-0.25, -0.2) is 4.79 Å². The molecule has 1 aliphatic rings. The summed E-state index contributed by atoms with van der Waals surface area (Å²) in [6.45, 7) is 9.44. The molecule has 0 aromatic heterocycles. The third kappa shape index (κ3) is 3.73. The maximum absolute atomic E-state index is 12.0. The first-order valence-electron chi connectivity index (χ1n) is 7.81. The number of carbonyl (C=O) groups is 1. The highest BCUT2D eigenvalue weighted by Gasteiger charge is 2.32. The van der Waals surface area contributed by atoms with E-state index in [-0.39, 0.29) is 18.1 Å². The Hall–Kier alpha value is -1.61. The topological polar surface area (TPSA) is 29.5 Å². The maximum Gasteiger partial charge on any atom is 0.335 e. The third-order valence-corrected chi connectivity index (χ3v) is 4.26. The molecule has 114 valence electrons. The molecule has 1 heterocycles. The average molecular weight is 287 g/mol. The maximum atomic E-state index is 12.0. The average Bonchev–Trinajstić information content (AvgIpc) is 2.54. The Morgan fingerprint density at radius 1 is 1.38 bits per heavy atom. The number of nitrogens with zero attached hydrogens (tertiary/aromatic N) is 1. The summed E-state index contributed by atoms with van der Waals surface area (Å²) in [5.74, 6) is -0.255. The molecular formula is C18H25NO2. The lowest BCUT2D eigenvalue weighted by Gasteiger charge is -2.40. The highest BCUT2D eigenvalue weighted by molar-refractivity contribution is 5.89. The van der Waals surface area contributed by atoms with Crippen molar-refractivity contribution in [3.05, 3.63) is 48.0 Å². The lowest BCUT2D eigenvalue weighted by atomic mass is 9.92. The minimum absolute atomic E-state index is 0.0907. The Morgan fingerprint density at radius 3 is 2.76 bits per heavy atom. The Morgan fingerprint density at radius 2 is 2.10 bits per heavy atom. The molecule has 1 aromatic rings. The molecule has 0 spiro atoms. The predicted octanol–water partition coefficient (Wildman–Crippen LogP) is 3.72. The number of hydrogen-bond acceptors (Lipinski definition) is 3. The van der Waals surface area contributed by atoms with Crippen LogP contribution in [-0.2, 0) is 9.53 Å². The molecule has 0 unspecified atom stereocenters. The van der Waals surface area contributed by atoms with Gasteiger partial charge in [0.25, 0.3) is 0 Å². The Balaban J connectivity index is 2.15. The first kappa shape index (κ1) is 15.8. The van der Waals surface area contributed by atoms with E-state index in [1.807, 2.05) is 13.0 Å². The lowest BCUT2D eigenvalue weighted by Crippen LogP contribution is -2.43.